The number of carbonyl (C=O) groups is 1. The number of hydrogen-bond donors (Lipinski definition) is 1. The average Bonchev–Trinajstić information content (AvgIpc) is 2.67. The van der Waals surface area contributed by atoms with Crippen molar-refractivity contribution < 1.29 is 4.79 Å². The van der Waals surface area contributed by atoms with Gasteiger partial charge in [0.2, 0.25) is 0 Å². The van der Waals surface area contributed by atoms with Crippen LogP contribution >= 0.6 is 0 Å². The summed E-state index contributed by atoms with van der Waals surface area (Å²) < 4.78 is 0. The van der Waals surface area contributed by atoms with Crippen molar-refractivity contribution in [2.45, 2.75) is 31.7 Å². The van der Waals surface area contributed by atoms with Gasteiger partial charge < -0.3 is 5.32 Å². The molecule has 0 bridgehead atoms. The van der Waals surface area contributed by atoms with Crippen molar-refractivity contribution in [3.05, 3.63) is 72.6 Å². The van der Waals surface area contributed by atoms with Gasteiger partial charge in [0.1, 0.15) is 5.78 Å². The molecule has 3 aromatic rings. The van der Waals surface area contributed by atoms with Gasteiger partial charge in [0.15, 0.2) is 0 Å². The highest BCUT2D eigenvalue weighted by Gasteiger charge is 2.31. The Morgan fingerprint density at radius 3 is 2.68 bits per heavy atom. The molecule has 2 unspecified atom stereocenters. The van der Waals surface area contributed by atoms with E-state index < -0.39 is 0 Å². The lowest BCUT2D eigenvalue weighted by Gasteiger charge is -2.31. The molecule has 0 amide bonds. The van der Waals surface area contributed by atoms with Crippen LogP contribution in [0.4, 0.5) is 5.69 Å². The van der Waals surface area contributed by atoms with E-state index in [2.05, 4.69) is 58.8 Å². The number of pyridine rings is 1. The number of nitrogens with one attached hydrogen (secondary N) is 1. The predicted molar refractivity (Wildman–Crippen MR) is 102 cm³/mol. The maximum atomic E-state index is 12.6. The van der Waals surface area contributed by atoms with E-state index in [0.29, 0.717) is 12.2 Å². The van der Waals surface area contributed by atoms with Crippen molar-refractivity contribution in [2.75, 3.05) is 5.32 Å². The molecule has 25 heavy (non-hydrogen) atoms. The molecule has 0 spiro atoms. The summed E-state index contributed by atoms with van der Waals surface area (Å²) in [5.74, 6) is 0.387. The van der Waals surface area contributed by atoms with E-state index in [-0.39, 0.29) is 12.0 Å². The van der Waals surface area contributed by atoms with Crippen LogP contribution in [0.25, 0.3) is 10.8 Å². The average molecular weight is 330 g/mol. The topological polar surface area (TPSA) is 42.0 Å². The second-order valence-electron chi connectivity index (χ2n) is 6.79. The van der Waals surface area contributed by atoms with Crippen LogP contribution in [0, 0.1) is 5.92 Å². The minimum atomic E-state index is -0.0253. The number of carbonyl (C=O) groups excluding carboxylic acids is 1. The Morgan fingerprint density at radius 2 is 1.88 bits per heavy atom. The zero-order valence-corrected chi connectivity index (χ0v) is 14.2. The van der Waals surface area contributed by atoms with Gasteiger partial charge in [0.25, 0.3) is 0 Å². The number of anilines is 1. The summed E-state index contributed by atoms with van der Waals surface area (Å²) in [4.78, 5) is 16.8. The number of fused-ring (bicyclic) bond motifs is 1. The molecule has 1 saturated carbocycles. The van der Waals surface area contributed by atoms with Crippen molar-refractivity contribution in [1.82, 2.24) is 4.98 Å². The van der Waals surface area contributed by atoms with Crippen LogP contribution in [-0.2, 0) is 4.79 Å². The summed E-state index contributed by atoms with van der Waals surface area (Å²) in [6.45, 7) is 0. The van der Waals surface area contributed by atoms with Crippen LogP contribution in [-0.4, -0.2) is 10.8 Å². The quantitative estimate of drug-likeness (QED) is 0.719. The van der Waals surface area contributed by atoms with E-state index in [1.807, 2.05) is 12.3 Å². The largest absolute Gasteiger partial charge is 0.377 e. The Bertz CT molecular complexity index is 875. The summed E-state index contributed by atoms with van der Waals surface area (Å²) in [7, 11) is 0. The van der Waals surface area contributed by atoms with Crippen molar-refractivity contribution in [2.24, 2.45) is 5.92 Å². The Hall–Kier alpha value is -2.68. The number of nitrogens with zero attached hydrogens (tertiary/aromatic N) is 1. The molecule has 2 aromatic carbocycles. The molecule has 1 aliphatic carbocycles. The first-order chi connectivity index (χ1) is 12.3. The minimum absolute atomic E-state index is 0.0180. The molecule has 4 rings (SSSR count). The first-order valence-corrected chi connectivity index (χ1v) is 8.99. The summed E-state index contributed by atoms with van der Waals surface area (Å²) >= 11 is 0. The zero-order chi connectivity index (χ0) is 17.1. The number of Topliss-reactive ketones (excluding diaryl/α,β-unsaturated/α-hetero) is 1. The van der Waals surface area contributed by atoms with Gasteiger partial charge in [-0.25, -0.2) is 0 Å². The molecule has 3 nitrogen and oxygen atoms in total. The van der Waals surface area contributed by atoms with Gasteiger partial charge in [-0.3, -0.25) is 9.78 Å². The predicted octanol–water partition coefficient (Wildman–Crippen LogP) is 5.15. The van der Waals surface area contributed by atoms with Crippen molar-refractivity contribution in [3.63, 3.8) is 0 Å². The molecule has 0 saturated heterocycles. The molecule has 2 atom stereocenters. The van der Waals surface area contributed by atoms with Crippen LogP contribution in [0.1, 0.15) is 37.3 Å². The van der Waals surface area contributed by atoms with E-state index in [4.69, 9.17) is 0 Å². The first-order valence-electron chi connectivity index (χ1n) is 8.99. The van der Waals surface area contributed by atoms with E-state index >= 15 is 0 Å². The van der Waals surface area contributed by atoms with Crippen molar-refractivity contribution >= 4 is 22.2 Å². The fourth-order valence-electron chi connectivity index (χ4n) is 3.80. The lowest BCUT2D eigenvalue weighted by Crippen LogP contribution is -2.30. The van der Waals surface area contributed by atoms with E-state index in [9.17, 15) is 4.79 Å². The second-order valence-corrected chi connectivity index (χ2v) is 6.79. The summed E-state index contributed by atoms with van der Waals surface area (Å²) in [5.41, 5.74) is 2.13. The number of ketones is 1. The molecule has 0 aliphatic heterocycles. The molecule has 1 fully saturated rings. The lowest BCUT2D eigenvalue weighted by molar-refractivity contribution is -0.125. The van der Waals surface area contributed by atoms with E-state index in [1.165, 1.54) is 10.8 Å². The third kappa shape index (κ3) is 3.41. The monoisotopic (exact) mass is 330 g/mol. The van der Waals surface area contributed by atoms with Crippen molar-refractivity contribution in [1.29, 1.82) is 0 Å². The molecular formula is C22H22N2O. The Kier molecular flexibility index (Phi) is 4.47. The molecule has 1 aromatic heterocycles. The zero-order valence-electron chi connectivity index (χ0n) is 14.2. The van der Waals surface area contributed by atoms with Gasteiger partial charge >= 0.3 is 0 Å². The smallest absolute Gasteiger partial charge is 0.138 e. The van der Waals surface area contributed by atoms with Gasteiger partial charge in [0, 0.05) is 30.4 Å². The van der Waals surface area contributed by atoms with E-state index in [0.717, 1.165) is 30.5 Å². The van der Waals surface area contributed by atoms with Gasteiger partial charge in [-0.1, -0.05) is 42.8 Å². The normalized spacial score (nSPS) is 18.9. The lowest BCUT2D eigenvalue weighted by atomic mass is 9.80. The highest BCUT2D eigenvalue weighted by Crippen LogP contribution is 2.35. The Balaban J connectivity index is 1.68. The summed E-state index contributed by atoms with van der Waals surface area (Å²) in [6, 6.07) is 18.7. The van der Waals surface area contributed by atoms with Crippen LogP contribution in [0.3, 0.4) is 0 Å². The molecular weight excluding hydrogens is 308 g/mol. The van der Waals surface area contributed by atoms with Crippen LogP contribution in [0.5, 0.6) is 0 Å². The third-order valence-corrected chi connectivity index (χ3v) is 5.12. The maximum absolute atomic E-state index is 12.6. The van der Waals surface area contributed by atoms with Gasteiger partial charge in [-0.2, -0.15) is 0 Å². The number of hydrogen-bond acceptors (Lipinski definition) is 3. The van der Waals surface area contributed by atoms with Crippen molar-refractivity contribution in [3.8, 4) is 0 Å². The minimum Gasteiger partial charge on any atom is -0.377 e. The fraction of sp³-hybridized carbons (Fsp3) is 0.273. The van der Waals surface area contributed by atoms with Gasteiger partial charge in [-0.15, -0.1) is 0 Å². The highest BCUT2D eigenvalue weighted by molar-refractivity contribution is 5.86. The number of benzene rings is 2. The number of aromatic nitrogens is 1. The SMILES string of the molecule is O=C1CCCCC1C(Nc1ccc2ccccc2c1)c1cccnc1. The van der Waals surface area contributed by atoms with Gasteiger partial charge in [0.05, 0.1) is 6.04 Å². The molecule has 1 aliphatic rings. The van der Waals surface area contributed by atoms with Crippen LogP contribution in [0.2, 0.25) is 0 Å². The second kappa shape index (κ2) is 7.06. The molecule has 1 N–H and O–H groups in total. The summed E-state index contributed by atoms with van der Waals surface area (Å²) in [5, 5.41) is 6.05. The van der Waals surface area contributed by atoms with E-state index in [1.54, 1.807) is 6.20 Å². The highest BCUT2D eigenvalue weighted by atomic mass is 16.1. The maximum Gasteiger partial charge on any atom is 0.138 e. The fourth-order valence-corrected chi connectivity index (χ4v) is 3.80. The summed E-state index contributed by atoms with van der Waals surface area (Å²) in [6.07, 6.45) is 7.43. The number of rotatable bonds is 4. The van der Waals surface area contributed by atoms with Crippen LogP contribution < -0.4 is 5.32 Å². The molecule has 1 heterocycles. The Morgan fingerprint density at radius 1 is 1.00 bits per heavy atom. The standard InChI is InChI=1S/C22H22N2O/c25-21-10-4-3-9-20(21)22(18-8-5-13-23-15-18)24-19-12-11-16-6-1-2-7-17(16)14-19/h1-2,5-8,11-15,20,22,24H,3-4,9-10H2. The molecule has 3 heteroatoms. The third-order valence-electron chi connectivity index (χ3n) is 5.12. The molecule has 126 valence electrons. The van der Waals surface area contributed by atoms with Crippen LogP contribution in [0.15, 0.2) is 67.0 Å². The molecule has 0 radical (unpaired) electrons. The van der Waals surface area contributed by atoms with Gasteiger partial charge in [-0.05, 0) is 47.4 Å². The first kappa shape index (κ1) is 15.8. The Labute approximate surface area is 148 Å².